The van der Waals surface area contributed by atoms with E-state index in [0.717, 1.165) is 19.6 Å². The molecule has 2 aromatic rings. The molecule has 1 atom stereocenters. The van der Waals surface area contributed by atoms with Crippen LogP contribution >= 0.6 is 11.3 Å². The van der Waals surface area contributed by atoms with Gasteiger partial charge in [0.1, 0.15) is 6.10 Å². The van der Waals surface area contributed by atoms with Crippen molar-refractivity contribution in [2.24, 2.45) is 0 Å². The number of nitrogens with zero attached hydrogens (tertiary/aromatic N) is 1. The fraction of sp³-hybridized carbons (Fsp3) is 0.719. The molecule has 1 unspecified atom stereocenters. The highest BCUT2D eigenvalue weighted by Gasteiger charge is 2.10. The monoisotopic (exact) mass is 532 g/mol. The van der Waals surface area contributed by atoms with E-state index >= 15 is 0 Å². The van der Waals surface area contributed by atoms with E-state index in [1.165, 1.54) is 94.6 Å². The first-order chi connectivity index (χ1) is 18.3. The van der Waals surface area contributed by atoms with E-state index in [2.05, 4.69) is 52.8 Å². The van der Waals surface area contributed by atoms with Crippen molar-refractivity contribution in [1.29, 1.82) is 0 Å². The Hall–Kier alpha value is -1.27. The topological polar surface area (TPSA) is 31.6 Å². The molecular formula is C32H54NO3S+. The van der Waals surface area contributed by atoms with Crippen molar-refractivity contribution >= 4 is 11.3 Å². The number of rotatable bonds is 25. The maximum absolute atomic E-state index is 5.95. The maximum atomic E-state index is 5.95. The molecule has 0 aliphatic rings. The normalized spacial score (nSPS) is 12.3. The molecule has 0 amide bonds. The SMILES string of the molecule is CCCCCCCCCCCCCCCCOCC(COCc1ccc(C[n+]2ccsc2)cc1)OCC. The second kappa shape index (κ2) is 22.7. The Bertz CT molecular complexity index is 735. The van der Waals surface area contributed by atoms with Crippen molar-refractivity contribution in [1.82, 2.24) is 0 Å². The zero-order chi connectivity index (χ0) is 26.2. The van der Waals surface area contributed by atoms with Gasteiger partial charge in [-0.15, -0.1) is 0 Å². The van der Waals surface area contributed by atoms with Crippen molar-refractivity contribution < 1.29 is 18.8 Å². The van der Waals surface area contributed by atoms with Crippen LogP contribution in [0.2, 0.25) is 0 Å². The van der Waals surface area contributed by atoms with E-state index in [-0.39, 0.29) is 6.10 Å². The predicted octanol–water partition coefficient (Wildman–Crippen LogP) is 8.50. The number of ether oxygens (including phenoxy) is 3. The fourth-order valence-electron chi connectivity index (χ4n) is 4.61. The van der Waals surface area contributed by atoms with Gasteiger partial charge >= 0.3 is 0 Å². The van der Waals surface area contributed by atoms with Gasteiger partial charge in [0.15, 0.2) is 12.7 Å². The quantitative estimate of drug-likeness (QED) is 0.0949. The summed E-state index contributed by atoms with van der Waals surface area (Å²) in [6.45, 7) is 8.53. The summed E-state index contributed by atoms with van der Waals surface area (Å²) < 4.78 is 19.9. The summed E-state index contributed by atoms with van der Waals surface area (Å²) >= 11 is 1.72. The van der Waals surface area contributed by atoms with Crippen molar-refractivity contribution in [3.05, 3.63) is 52.5 Å². The highest BCUT2D eigenvalue weighted by Crippen LogP contribution is 2.13. The Labute approximate surface area is 231 Å². The summed E-state index contributed by atoms with van der Waals surface area (Å²) in [7, 11) is 0. The third-order valence-corrected chi connectivity index (χ3v) is 7.51. The van der Waals surface area contributed by atoms with Gasteiger partial charge in [-0.2, -0.15) is 4.57 Å². The van der Waals surface area contributed by atoms with Crippen molar-refractivity contribution in [3.63, 3.8) is 0 Å². The zero-order valence-electron chi connectivity index (χ0n) is 23.8. The second-order valence-corrected chi connectivity index (χ2v) is 11.0. The third-order valence-electron chi connectivity index (χ3n) is 6.84. The van der Waals surface area contributed by atoms with Crippen molar-refractivity contribution in [2.75, 3.05) is 26.4 Å². The molecule has 1 aromatic carbocycles. The largest absolute Gasteiger partial charge is 0.379 e. The molecule has 1 heterocycles. The number of unbranched alkanes of at least 4 members (excludes halogenated alkanes) is 13. The molecule has 5 heteroatoms. The standard InChI is InChI=1S/C32H54NO3S/c1-3-5-6-7-8-9-10-11-12-13-14-15-16-17-23-34-27-32(36-4-2)28-35-26-31-20-18-30(19-21-31)25-33-22-24-37-29-33/h18-22,24,29,32H,3-17,23,25-28H2,1-2H3/q+1. The van der Waals surface area contributed by atoms with Crippen LogP contribution in [-0.4, -0.2) is 32.5 Å². The molecule has 0 aliphatic heterocycles. The molecule has 0 saturated heterocycles. The fourth-order valence-corrected chi connectivity index (χ4v) is 5.20. The van der Waals surface area contributed by atoms with Crippen LogP contribution in [0.3, 0.4) is 0 Å². The average Bonchev–Trinajstić information content (AvgIpc) is 3.42. The van der Waals surface area contributed by atoms with Gasteiger partial charge < -0.3 is 14.2 Å². The molecule has 37 heavy (non-hydrogen) atoms. The van der Waals surface area contributed by atoms with Gasteiger partial charge in [-0.25, -0.2) is 0 Å². The van der Waals surface area contributed by atoms with Crippen LogP contribution < -0.4 is 4.57 Å². The van der Waals surface area contributed by atoms with Gasteiger partial charge in [0.05, 0.1) is 25.2 Å². The minimum absolute atomic E-state index is 0.00547. The lowest BCUT2D eigenvalue weighted by molar-refractivity contribution is -0.683. The van der Waals surface area contributed by atoms with Crippen LogP contribution in [-0.2, 0) is 27.4 Å². The number of aromatic nitrogens is 1. The smallest absolute Gasteiger partial charge is 0.224 e. The molecular weight excluding hydrogens is 478 g/mol. The van der Waals surface area contributed by atoms with Crippen LogP contribution in [0.1, 0.15) is 115 Å². The Morgan fingerprint density at radius 3 is 1.84 bits per heavy atom. The van der Waals surface area contributed by atoms with Crippen LogP contribution in [0, 0.1) is 0 Å². The Morgan fingerprint density at radius 2 is 1.27 bits per heavy atom. The number of hydrogen-bond donors (Lipinski definition) is 0. The lowest BCUT2D eigenvalue weighted by atomic mass is 10.0. The highest BCUT2D eigenvalue weighted by molar-refractivity contribution is 7.07. The molecule has 0 spiro atoms. The second-order valence-electron chi connectivity index (χ2n) is 10.3. The van der Waals surface area contributed by atoms with Gasteiger partial charge in [0.2, 0.25) is 5.51 Å². The number of thiazole rings is 1. The first kappa shape index (κ1) is 31.9. The van der Waals surface area contributed by atoms with Crippen LogP contribution in [0.25, 0.3) is 0 Å². The summed E-state index contributed by atoms with van der Waals surface area (Å²) in [6.07, 6.45) is 21.5. The molecule has 0 fully saturated rings. The Balaban J connectivity index is 1.41. The Morgan fingerprint density at radius 1 is 0.703 bits per heavy atom. The lowest BCUT2D eigenvalue weighted by Crippen LogP contribution is -2.30. The molecule has 0 radical (unpaired) electrons. The molecule has 210 valence electrons. The van der Waals surface area contributed by atoms with Crippen LogP contribution in [0.5, 0.6) is 0 Å². The summed E-state index contributed by atoms with van der Waals surface area (Å²) in [5, 5.41) is 2.10. The summed E-state index contributed by atoms with van der Waals surface area (Å²) in [5.74, 6) is 0. The van der Waals surface area contributed by atoms with Gasteiger partial charge in [-0.05, 0) is 18.9 Å². The number of benzene rings is 1. The molecule has 0 aliphatic carbocycles. The zero-order valence-corrected chi connectivity index (χ0v) is 24.7. The summed E-state index contributed by atoms with van der Waals surface area (Å²) in [5.41, 5.74) is 4.63. The molecule has 4 nitrogen and oxygen atoms in total. The van der Waals surface area contributed by atoms with E-state index in [4.69, 9.17) is 14.2 Å². The van der Waals surface area contributed by atoms with E-state index in [9.17, 15) is 0 Å². The van der Waals surface area contributed by atoms with Gasteiger partial charge in [0, 0.05) is 18.8 Å². The lowest BCUT2D eigenvalue weighted by Gasteiger charge is -2.17. The van der Waals surface area contributed by atoms with Gasteiger partial charge in [-0.3, -0.25) is 0 Å². The third kappa shape index (κ3) is 17.0. The van der Waals surface area contributed by atoms with Crippen LogP contribution in [0.4, 0.5) is 0 Å². The van der Waals surface area contributed by atoms with Gasteiger partial charge in [0.25, 0.3) is 0 Å². The van der Waals surface area contributed by atoms with E-state index in [1.54, 1.807) is 11.3 Å². The molecule has 0 saturated carbocycles. The minimum Gasteiger partial charge on any atom is -0.379 e. The molecule has 1 aromatic heterocycles. The first-order valence-electron chi connectivity index (χ1n) is 15.1. The average molecular weight is 533 g/mol. The first-order valence-corrected chi connectivity index (χ1v) is 16.0. The molecule has 0 bridgehead atoms. The highest BCUT2D eigenvalue weighted by atomic mass is 32.1. The van der Waals surface area contributed by atoms with Crippen molar-refractivity contribution in [3.8, 4) is 0 Å². The van der Waals surface area contributed by atoms with E-state index in [1.807, 2.05) is 6.92 Å². The minimum atomic E-state index is 0.00547. The molecule has 2 rings (SSSR count). The van der Waals surface area contributed by atoms with Crippen molar-refractivity contribution in [2.45, 2.75) is 123 Å². The van der Waals surface area contributed by atoms with E-state index in [0.29, 0.717) is 26.4 Å². The van der Waals surface area contributed by atoms with Gasteiger partial charge in [-0.1, -0.05) is 126 Å². The Kier molecular flexibility index (Phi) is 19.6. The number of hydrogen-bond acceptors (Lipinski definition) is 4. The predicted molar refractivity (Wildman–Crippen MR) is 156 cm³/mol. The summed E-state index contributed by atoms with van der Waals surface area (Å²) in [4.78, 5) is 0. The summed E-state index contributed by atoms with van der Waals surface area (Å²) in [6, 6.07) is 8.68. The maximum Gasteiger partial charge on any atom is 0.224 e. The van der Waals surface area contributed by atoms with Crippen LogP contribution in [0.15, 0.2) is 41.4 Å². The van der Waals surface area contributed by atoms with E-state index < -0.39 is 0 Å². The molecule has 0 N–H and O–H groups in total.